The van der Waals surface area contributed by atoms with Crippen molar-refractivity contribution in [3.63, 3.8) is 0 Å². The fourth-order valence-corrected chi connectivity index (χ4v) is 3.03. The van der Waals surface area contributed by atoms with Gasteiger partial charge < -0.3 is 15.8 Å². The fourth-order valence-electron chi connectivity index (χ4n) is 2.47. The van der Waals surface area contributed by atoms with Crippen LogP contribution in [0.3, 0.4) is 0 Å². The van der Waals surface area contributed by atoms with E-state index in [1.165, 1.54) is 0 Å². The number of carbonyl (C=O) groups excluding carboxylic acids is 2. The van der Waals surface area contributed by atoms with Gasteiger partial charge in [-0.3, -0.25) is 14.9 Å². The quantitative estimate of drug-likeness (QED) is 0.641. The predicted octanol–water partition coefficient (Wildman–Crippen LogP) is 3.23. The summed E-state index contributed by atoms with van der Waals surface area (Å²) in [6.07, 6.45) is 0. The molecule has 0 fully saturated rings. The van der Waals surface area contributed by atoms with Crippen LogP contribution in [0.5, 0.6) is 5.75 Å². The number of halogens is 1. The molecule has 0 unspecified atom stereocenters. The number of nitrogens with two attached hydrogens (primary N) is 1. The van der Waals surface area contributed by atoms with Gasteiger partial charge in [-0.1, -0.05) is 6.07 Å². The summed E-state index contributed by atoms with van der Waals surface area (Å²) in [4.78, 5) is 23.4. The third-order valence-corrected chi connectivity index (χ3v) is 4.63. The third kappa shape index (κ3) is 5.06. The molecule has 0 saturated heterocycles. The van der Waals surface area contributed by atoms with Gasteiger partial charge in [0.15, 0.2) is 0 Å². The maximum atomic E-state index is 12.4. The Bertz CT molecular complexity index is 793. The number of rotatable bonds is 7. The number of amides is 2. The topological polar surface area (TPSA) is 93.4 Å². The minimum atomic E-state index is -0.502. The van der Waals surface area contributed by atoms with Gasteiger partial charge in [0, 0.05) is 17.3 Å². The highest BCUT2D eigenvalue weighted by Crippen LogP contribution is 2.28. The van der Waals surface area contributed by atoms with Crippen LogP contribution in [-0.2, 0) is 4.79 Å². The summed E-state index contributed by atoms with van der Waals surface area (Å²) >= 11 is 3.47. The molecule has 0 aliphatic carbocycles. The van der Waals surface area contributed by atoms with Gasteiger partial charge in [-0.25, -0.2) is 0 Å². The van der Waals surface area contributed by atoms with Crippen molar-refractivity contribution in [2.75, 3.05) is 12.4 Å². The summed E-state index contributed by atoms with van der Waals surface area (Å²) in [6.45, 7) is 3.78. The number of nitrogens with one attached hydrogen (secondary N) is 2. The van der Waals surface area contributed by atoms with E-state index in [0.717, 1.165) is 15.8 Å². The Morgan fingerprint density at radius 2 is 1.77 bits per heavy atom. The van der Waals surface area contributed by atoms with Crippen molar-refractivity contribution in [3.8, 4) is 5.75 Å². The van der Waals surface area contributed by atoms with E-state index < -0.39 is 11.9 Å². The Hall–Kier alpha value is -2.38. The first kappa shape index (κ1) is 19.9. The molecule has 4 N–H and O–H groups in total. The molecule has 2 aromatic rings. The number of methoxy groups -OCH3 is 1. The normalized spacial score (nSPS) is 12.9. The van der Waals surface area contributed by atoms with Crippen LogP contribution in [0.25, 0.3) is 0 Å². The summed E-state index contributed by atoms with van der Waals surface area (Å²) in [5.74, 6) is 0.0831. The molecule has 0 saturated carbocycles. The van der Waals surface area contributed by atoms with Gasteiger partial charge in [0.1, 0.15) is 5.75 Å². The number of ether oxygens (including phenoxy) is 1. The van der Waals surface area contributed by atoms with Crippen LogP contribution in [0.1, 0.15) is 35.8 Å². The Morgan fingerprint density at radius 3 is 2.31 bits per heavy atom. The van der Waals surface area contributed by atoms with Crippen molar-refractivity contribution in [1.82, 2.24) is 5.32 Å². The number of carbonyl (C=O) groups is 2. The van der Waals surface area contributed by atoms with Gasteiger partial charge in [-0.05, 0) is 71.7 Å². The Morgan fingerprint density at radius 1 is 1.12 bits per heavy atom. The zero-order chi connectivity index (χ0) is 19.3. The van der Waals surface area contributed by atoms with Gasteiger partial charge >= 0.3 is 0 Å². The van der Waals surface area contributed by atoms with Crippen molar-refractivity contribution in [3.05, 3.63) is 58.1 Å². The van der Waals surface area contributed by atoms with Crippen LogP contribution in [-0.4, -0.2) is 25.0 Å². The van der Waals surface area contributed by atoms with Crippen molar-refractivity contribution in [1.29, 1.82) is 0 Å². The second kappa shape index (κ2) is 8.82. The second-order valence-electron chi connectivity index (χ2n) is 5.93. The summed E-state index contributed by atoms with van der Waals surface area (Å²) in [5, 5.41) is 6.07. The molecule has 0 spiro atoms. The average Bonchev–Trinajstić information content (AvgIpc) is 2.61. The molecule has 0 aliphatic rings. The van der Waals surface area contributed by atoms with Crippen LogP contribution in [0.15, 0.2) is 46.9 Å². The second-order valence-corrected chi connectivity index (χ2v) is 6.79. The first-order chi connectivity index (χ1) is 12.3. The van der Waals surface area contributed by atoms with Gasteiger partial charge in [0.25, 0.3) is 0 Å². The zero-order valence-electron chi connectivity index (χ0n) is 14.9. The smallest absolute Gasteiger partial charge is 0.248 e. The number of anilines is 1. The maximum absolute atomic E-state index is 12.4. The minimum absolute atomic E-state index is 0.0322. The van der Waals surface area contributed by atoms with Crippen LogP contribution >= 0.6 is 15.9 Å². The van der Waals surface area contributed by atoms with Gasteiger partial charge in [-0.2, -0.15) is 0 Å². The van der Waals surface area contributed by atoms with Crippen LogP contribution < -0.4 is 21.1 Å². The Kier molecular flexibility index (Phi) is 6.76. The number of benzene rings is 2. The molecule has 2 atom stereocenters. The first-order valence-electron chi connectivity index (χ1n) is 8.12. The van der Waals surface area contributed by atoms with E-state index in [9.17, 15) is 9.59 Å². The molecule has 0 heterocycles. The highest BCUT2D eigenvalue weighted by Gasteiger charge is 2.17. The van der Waals surface area contributed by atoms with E-state index in [1.54, 1.807) is 38.3 Å². The van der Waals surface area contributed by atoms with Crippen molar-refractivity contribution in [2.45, 2.75) is 25.9 Å². The summed E-state index contributed by atoms with van der Waals surface area (Å²) < 4.78 is 6.09. The van der Waals surface area contributed by atoms with Crippen molar-refractivity contribution >= 4 is 33.4 Å². The summed E-state index contributed by atoms with van der Waals surface area (Å²) in [7, 11) is 1.61. The van der Waals surface area contributed by atoms with Crippen LogP contribution in [0.2, 0.25) is 0 Å². The fraction of sp³-hybridized carbons (Fsp3) is 0.263. The molecular weight excluding hydrogens is 398 g/mol. The van der Waals surface area contributed by atoms with Gasteiger partial charge in [0.2, 0.25) is 11.8 Å². The molecule has 2 amide bonds. The first-order valence-corrected chi connectivity index (χ1v) is 8.91. The molecule has 0 radical (unpaired) electrons. The molecule has 26 heavy (non-hydrogen) atoms. The molecule has 0 aromatic heterocycles. The van der Waals surface area contributed by atoms with Crippen molar-refractivity contribution in [2.24, 2.45) is 5.73 Å². The molecule has 7 heteroatoms. The highest BCUT2D eigenvalue weighted by molar-refractivity contribution is 9.10. The molecule has 6 nitrogen and oxygen atoms in total. The SMILES string of the molecule is COc1ccc([C@H](C)N[C@H](C)C(=O)Nc2ccc(C(N)=O)cc2)cc1Br. The number of hydrogen-bond donors (Lipinski definition) is 3. The van der Waals surface area contributed by atoms with E-state index in [2.05, 4.69) is 26.6 Å². The lowest BCUT2D eigenvalue weighted by Crippen LogP contribution is -2.39. The predicted molar refractivity (Wildman–Crippen MR) is 105 cm³/mol. The largest absolute Gasteiger partial charge is 0.496 e. The van der Waals surface area contributed by atoms with E-state index in [4.69, 9.17) is 10.5 Å². The van der Waals surface area contributed by atoms with E-state index in [0.29, 0.717) is 11.3 Å². The lowest BCUT2D eigenvalue weighted by Gasteiger charge is -2.20. The summed E-state index contributed by atoms with van der Waals surface area (Å²) in [6, 6.07) is 11.8. The van der Waals surface area contributed by atoms with Crippen LogP contribution in [0.4, 0.5) is 5.69 Å². The van der Waals surface area contributed by atoms with E-state index in [-0.39, 0.29) is 11.9 Å². The third-order valence-electron chi connectivity index (χ3n) is 4.01. The number of hydrogen-bond acceptors (Lipinski definition) is 4. The standard InChI is InChI=1S/C19H22BrN3O3/c1-11(14-6-9-17(26-3)16(20)10-14)22-12(2)19(25)23-15-7-4-13(5-8-15)18(21)24/h4-12,22H,1-3H3,(H2,21,24)(H,23,25)/t11-,12+/m0/s1. The molecule has 0 bridgehead atoms. The van der Waals surface area contributed by atoms with Gasteiger partial charge in [-0.15, -0.1) is 0 Å². The minimum Gasteiger partial charge on any atom is -0.496 e. The van der Waals surface area contributed by atoms with Gasteiger partial charge in [0.05, 0.1) is 17.6 Å². The molecular formula is C19H22BrN3O3. The van der Waals surface area contributed by atoms with E-state index >= 15 is 0 Å². The lowest BCUT2D eigenvalue weighted by molar-refractivity contribution is -0.117. The Labute approximate surface area is 161 Å². The average molecular weight is 420 g/mol. The Balaban J connectivity index is 1.97. The number of primary amides is 1. The maximum Gasteiger partial charge on any atom is 0.248 e. The molecule has 0 aliphatic heterocycles. The summed E-state index contributed by atoms with van der Waals surface area (Å²) in [5.41, 5.74) is 7.24. The monoisotopic (exact) mass is 419 g/mol. The molecule has 2 rings (SSSR count). The lowest BCUT2D eigenvalue weighted by atomic mass is 10.1. The van der Waals surface area contributed by atoms with Crippen LogP contribution in [0, 0.1) is 0 Å². The molecule has 138 valence electrons. The molecule has 2 aromatic carbocycles. The van der Waals surface area contributed by atoms with E-state index in [1.807, 2.05) is 25.1 Å². The zero-order valence-corrected chi connectivity index (χ0v) is 16.5. The highest BCUT2D eigenvalue weighted by atomic mass is 79.9. The van der Waals surface area contributed by atoms with Crippen molar-refractivity contribution < 1.29 is 14.3 Å².